The number of thiol groups is 1. The van der Waals surface area contributed by atoms with Crippen LogP contribution in [-0.2, 0) is 0 Å². The van der Waals surface area contributed by atoms with E-state index in [1.165, 1.54) is 32.1 Å². The molecule has 0 aromatic heterocycles. The van der Waals surface area contributed by atoms with Gasteiger partial charge in [0.15, 0.2) is 0 Å². The van der Waals surface area contributed by atoms with Gasteiger partial charge in [0.25, 0.3) is 0 Å². The Morgan fingerprint density at radius 2 is 1.89 bits per heavy atom. The lowest BCUT2D eigenvalue weighted by Gasteiger charge is -2.20. The molecular weight excluding hydrogens is 147 g/mol. The predicted octanol–water partition coefficient (Wildman–Crippen LogP) is 2.88. The van der Waals surface area contributed by atoms with Crippen LogP contribution in [0.25, 0.3) is 0 Å². The second-order valence-electron chi connectivity index (χ2n) is 2.70. The SMILES string of the molecule is SCPC1CCCCC1. The van der Waals surface area contributed by atoms with E-state index in [-0.39, 0.29) is 0 Å². The van der Waals surface area contributed by atoms with Gasteiger partial charge in [-0.15, -0.1) is 8.58 Å². The topological polar surface area (TPSA) is 0 Å². The molecule has 0 radical (unpaired) electrons. The lowest BCUT2D eigenvalue weighted by molar-refractivity contribution is 0.514. The third-order valence-corrected chi connectivity index (χ3v) is 3.87. The second kappa shape index (κ2) is 4.57. The average molecular weight is 162 g/mol. The van der Waals surface area contributed by atoms with Gasteiger partial charge in [-0.3, -0.25) is 0 Å². The first-order valence-corrected chi connectivity index (χ1v) is 5.69. The Balaban J connectivity index is 2.08. The van der Waals surface area contributed by atoms with Gasteiger partial charge in [-0.1, -0.05) is 19.3 Å². The third kappa shape index (κ3) is 2.91. The normalized spacial score (nSPS) is 23.7. The molecule has 1 aliphatic carbocycles. The molecular formula is C7H15PS. The molecule has 0 aromatic rings. The highest BCUT2D eigenvalue weighted by atomic mass is 32.1. The molecule has 0 bridgehead atoms. The van der Waals surface area contributed by atoms with Gasteiger partial charge < -0.3 is 0 Å². The first-order valence-electron chi connectivity index (χ1n) is 3.77. The van der Waals surface area contributed by atoms with Crippen LogP contribution in [0, 0.1) is 0 Å². The fraction of sp³-hybridized carbons (Fsp3) is 1.00. The van der Waals surface area contributed by atoms with Crippen molar-refractivity contribution in [1.82, 2.24) is 0 Å². The maximum atomic E-state index is 4.24. The summed E-state index contributed by atoms with van der Waals surface area (Å²) >= 11 is 4.24. The van der Waals surface area contributed by atoms with Crippen LogP contribution in [0.1, 0.15) is 32.1 Å². The molecule has 1 fully saturated rings. The quantitative estimate of drug-likeness (QED) is 0.468. The zero-order valence-electron chi connectivity index (χ0n) is 5.77. The van der Waals surface area contributed by atoms with Crippen LogP contribution >= 0.6 is 21.2 Å². The largest absolute Gasteiger partial charge is 0.175 e. The van der Waals surface area contributed by atoms with E-state index in [1.54, 1.807) is 0 Å². The van der Waals surface area contributed by atoms with E-state index < -0.39 is 0 Å². The van der Waals surface area contributed by atoms with Gasteiger partial charge in [-0.25, -0.2) is 0 Å². The molecule has 0 spiro atoms. The van der Waals surface area contributed by atoms with Crippen molar-refractivity contribution in [1.29, 1.82) is 0 Å². The van der Waals surface area contributed by atoms with E-state index >= 15 is 0 Å². The van der Waals surface area contributed by atoms with Crippen LogP contribution < -0.4 is 0 Å². The van der Waals surface area contributed by atoms with Gasteiger partial charge in [-0.2, -0.15) is 12.6 Å². The Labute approximate surface area is 65.0 Å². The molecule has 1 unspecified atom stereocenters. The van der Waals surface area contributed by atoms with E-state index in [0.29, 0.717) is 0 Å². The molecule has 1 rings (SSSR count). The summed E-state index contributed by atoms with van der Waals surface area (Å²) < 4.78 is 0. The highest BCUT2D eigenvalue weighted by Gasteiger charge is 2.11. The van der Waals surface area contributed by atoms with Crippen LogP contribution in [0.2, 0.25) is 0 Å². The summed E-state index contributed by atoms with van der Waals surface area (Å²) in [7, 11) is 1.13. The fourth-order valence-electron chi connectivity index (χ4n) is 1.44. The monoisotopic (exact) mass is 162 g/mol. The molecule has 0 saturated heterocycles. The second-order valence-corrected chi connectivity index (χ2v) is 5.19. The molecule has 0 nitrogen and oxygen atoms in total. The zero-order chi connectivity index (χ0) is 6.53. The van der Waals surface area contributed by atoms with Crippen LogP contribution in [0.15, 0.2) is 0 Å². The Morgan fingerprint density at radius 3 is 2.44 bits per heavy atom. The number of rotatable bonds is 2. The molecule has 1 saturated carbocycles. The van der Waals surface area contributed by atoms with Crippen molar-refractivity contribution in [2.75, 3.05) is 5.49 Å². The average Bonchev–Trinajstić information content (AvgIpc) is 1.91. The predicted molar refractivity (Wildman–Crippen MR) is 49.0 cm³/mol. The van der Waals surface area contributed by atoms with Crippen molar-refractivity contribution in [3.8, 4) is 0 Å². The third-order valence-electron chi connectivity index (χ3n) is 1.99. The van der Waals surface area contributed by atoms with Crippen LogP contribution in [-0.4, -0.2) is 11.2 Å². The molecule has 0 heterocycles. The highest BCUT2D eigenvalue weighted by molar-refractivity contribution is 7.86. The lowest BCUT2D eigenvalue weighted by Crippen LogP contribution is -2.05. The summed E-state index contributed by atoms with van der Waals surface area (Å²) in [6.07, 6.45) is 7.41. The van der Waals surface area contributed by atoms with Crippen molar-refractivity contribution < 1.29 is 0 Å². The smallest absolute Gasteiger partial charge is 0.00799 e. The summed E-state index contributed by atoms with van der Waals surface area (Å²) in [4.78, 5) is 0. The van der Waals surface area contributed by atoms with E-state index in [1.807, 2.05) is 0 Å². The van der Waals surface area contributed by atoms with Crippen LogP contribution in [0.5, 0.6) is 0 Å². The zero-order valence-corrected chi connectivity index (χ0v) is 7.66. The minimum Gasteiger partial charge on any atom is -0.175 e. The van der Waals surface area contributed by atoms with Crippen molar-refractivity contribution in [3.05, 3.63) is 0 Å². The van der Waals surface area contributed by atoms with Crippen molar-refractivity contribution in [2.24, 2.45) is 0 Å². The Hall–Kier alpha value is 0.780. The van der Waals surface area contributed by atoms with Gasteiger partial charge in [0.05, 0.1) is 0 Å². The lowest BCUT2D eigenvalue weighted by atomic mass is 10.0. The highest BCUT2D eigenvalue weighted by Crippen LogP contribution is 2.32. The molecule has 2 heteroatoms. The van der Waals surface area contributed by atoms with Gasteiger partial charge in [0.1, 0.15) is 0 Å². The fourth-order valence-corrected chi connectivity index (χ4v) is 3.29. The maximum Gasteiger partial charge on any atom is 0.00799 e. The molecule has 9 heavy (non-hydrogen) atoms. The van der Waals surface area contributed by atoms with Crippen LogP contribution in [0.4, 0.5) is 0 Å². The summed E-state index contributed by atoms with van der Waals surface area (Å²) in [5.41, 5.74) is 2.17. The molecule has 1 atom stereocenters. The minimum atomic E-state index is 1.05. The maximum absolute atomic E-state index is 4.24. The van der Waals surface area contributed by atoms with Crippen molar-refractivity contribution >= 4 is 21.2 Å². The summed E-state index contributed by atoms with van der Waals surface area (Å²) in [6, 6.07) is 0. The van der Waals surface area contributed by atoms with Gasteiger partial charge in [0, 0.05) is 5.49 Å². The van der Waals surface area contributed by atoms with Crippen molar-refractivity contribution in [2.45, 2.75) is 37.8 Å². The Morgan fingerprint density at radius 1 is 1.22 bits per heavy atom. The van der Waals surface area contributed by atoms with E-state index in [2.05, 4.69) is 12.6 Å². The van der Waals surface area contributed by atoms with Crippen molar-refractivity contribution in [3.63, 3.8) is 0 Å². The number of hydrogen-bond donors (Lipinski definition) is 1. The molecule has 0 aromatic carbocycles. The summed E-state index contributed by atoms with van der Waals surface area (Å²) in [5.74, 6) is 0. The standard InChI is InChI=1S/C7H15PS/c9-6-8-7-4-2-1-3-5-7/h7-9H,1-6H2. The van der Waals surface area contributed by atoms with Gasteiger partial charge >= 0.3 is 0 Å². The van der Waals surface area contributed by atoms with Crippen LogP contribution in [0.3, 0.4) is 0 Å². The summed E-state index contributed by atoms with van der Waals surface area (Å²) in [5, 5.41) is 0. The summed E-state index contributed by atoms with van der Waals surface area (Å²) in [6.45, 7) is 0. The van der Waals surface area contributed by atoms with E-state index in [9.17, 15) is 0 Å². The molecule has 0 N–H and O–H groups in total. The minimum absolute atomic E-state index is 1.05. The Kier molecular flexibility index (Phi) is 4.01. The van der Waals surface area contributed by atoms with Gasteiger partial charge in [-0.05, 0) is 18.5 Å². The molecule has 54 valence electrons. The first kappa shape index (κ1) is 7.88. The molecule has 0 amide bonds. The number of hydrogen-bond acceptors (Lipinski definition) is 1. The van der Waals surface area contributed by atoms with Gasteiger partial charge in [0.2, 0.25) is 0 Å². The van der Waals surface area contributed by atoms with E-state index in [4.69, 9.17) is 0 Å². The molecule has 0 aliphatic heterocycles. The molecule has 1 aliphatic rings. The Bertz CT molecular complexity index is 66.6. The first-order chi connectivity index (χ1) is 4.43. The van der Waals surface area contributed by atoms with E-state index in [0.717, 1.165) is 19.7 Å².